The molecule has 0 bridgehead atoms. The van der Waals surface area contributed by atoms with Crippen molar-refractivity contribution in [3.8, 4) is 0 Å². The monoisotopic (exact) mass is 254 g/mol. The molecule has 5 nitrogen and oxygen atoms in total. The lowest BCUT2D eigenvalue weighted by Gasteiger charge is -2.28. The minimum atomic E-state index is -0.111. The van der Waals surface area contributed by atoms with Gasteiger partial charge in [0.15, 0.2) is 0 Å². The first-order valence-corrected chi connectivity index (χ1v) is 6.80. The molecule has 2 rings (SSSR count). The van der Waals surface area contributed by atoms with Gasteiger partial charge in [-0.25, -0.2) is 0 Å². The summed E-state index contributed by atoms with van der Waals surface area (Å²) in [5.41, 5.74) is -0.104. The molecule has 0 radical (unpaired) electrons. The van der Waals surface area contributed by atoms with Crippen LogP contribution in [0.3, 0.4) is 0 Å². The van der Waals surface area contributed by atoms with Crippen LogP contribution in [0.2, 0.25) is 0 Å². The third-order valence-corrected chi connectivity index (χ3v) is 4.27. The third-order valence-electron chi connectivity index (χ3n) is 4.27. The molecule has 1 saturated carbocycles. The third kappa shape index (κ3) is 3.02. The topological polar surface area (TPSA) is 78.4 Å². The van der Waals surface area contributed by atoms with Gasteiger partial charge in [-0.3, -0.25) is 9.59 Å². The smallest absolute Gasteiger partial charge is 0.224 e. The Labute approximate surface area is 107 Å². The van der Waals surface area contributed by atoms with E-state index in [1.807, 2.05) is 0 Å². The summed E-state index contributed by atoms with van der Waals surface area (Å²) < 4.78 is 0. The van der Waals surface area contributed by atoms with Crippen LogP contribution in [0.4, 0.5) is 0 Å². The van der Waals surface area contributed by atoms with Crippen LogP contribution >= 0.6 is 0 Å². The maximum atomic E-state index is 12.0. The summed E-state index contributed by atoms with van der Waals surface area (Å²) in [5.74, 6) is -0.0729. The number of aliphatic hydroxyl groups excluding tert-OH is 1. The molecule has 5 heteroatoms. The van der Waals surface area contributed by atoms with Gasteiger partial charge in [0.1, 0.15) is 0 Å². The van der Waals surface area contributed by atoms with Crippen LogP contribution in [0, 0.1) is 11.3 Å². The standard InChI is InChI=1S/C13H22N2O3/c16-9-13(5-1-2-6-13)8-15-12(18)10-3-4-11(17)14-7-10/h10,16H,1-9H2,(H,14,17)(H,15,18). The highest BCUT2D eigenvalue weighted by Crippen LogP contribution is 2.36. The lowest BCUT2D eigenvalue weighted by molar-refractivity contribution is -0.129. The van der Waals surface area contributed by atoms with Crippen LogP contribution < -0.4 is 10.6 Å². The predicted octanol–water partition coefficient (Wildman–Crippen LogP) is 0.182. The van der Waals surface area contributed by atoms with E-state index >= 15 is 0 Å². The number of carbonyl (C=O) groups is 2. The van der Waals surface area contributed by atoms with E-state index in [0.717, 1.165) is 25.7 Å². The maximum absolute atomic E-state index is 12.0. The molecule has 2 fully saturated rings. The normalized spacial score (nSPS) is 26.7. The van der Waals surface area contributed by atoms with Crippen LogP contribution in [-0.2, 0) is 9.59 Å². The molecule has 1 heterocycles. The van der Waals surface area contributed by atoms with Crippen LogP contribution in [-0.4, -0.2) is 36.6 Å². The van der Waals surface area contributed by atoms with Gasteiger partial charge in [-0.05, 0) is 19.3 Å². The average Bonchev–Trinajstić information content (AvgIpc) is 2.86. The van der Waals surface area contributed by atoms with Crippen molar-refractivity contribution in [3.05, 3.63) is 0 Å². The van der Waals surface area contributed by atoms with Gasteiger partial charge in [0.2, 0.25) is 11.8 Å². The molecule has 1 aliphatic carbocycles. The molecule has 18 heavy (non-hydrogen) atoms. The highest BCUT2D eigenvalue weighted by atomic mass is 16.3. The van der Waals surface area contributed by atoms with Gasteiger partial charge in [0, 0.05) is 24.9 Å². The van der Waals surface area contributed by atoms with Crippen LogP contribution in [0.1, 0.15) is 38.5 Å². The zero-order valence-corrected chi connectivity index (χ0v) is 10.7. The SMILES string of the molecule is O=C1CCC(C(=O)NCC2(CO)CCCC2)CN1. The molecule has 0 aromatic rings. The fourth-order valence-corrected chi connectivity index (χ4v) is 2.89. The van der Waals surface area contributed by atoms with Crippen molar-refractivity contribution in [2.24, 2.45) is 11.3 Å². The minimum Gasteiger partial charge on any atom is -0.396 e. The van der Waals surface area contributed by atoms with Crippen molar-refractivity contribution < 1.29 is 14.7 Å². The molecule has 3 N–H and O–H groups in total. The van der Waals surface area contributed by atoms with Gasteiger partial charge >= 0.3 is 0 Å². The van der Waals surface area contributed by atoms with Crippen LogP contribution in [0.15, 0.2) is 0 Å². The lowest BCUT2D eigenvalue weighted by atomic mass is 9.87. The van der Waals surface area contributed by atoms with E-state index in [1.54, 1.807) is 0 Å². The van der Waals surface area contributed by atoms with Gasteiger partial charge in [0.25, 0.3) is 0 Å². The molecule has 2 aliphatic rings. The van der Waals surface area contributed by atoms with Gasteiger partial charge in [0.05, 0.1) is 12.5 Å². The van der Waals surface area contributed by atoms with E-state index in [4.69, 9.17) is 0 Å². The molecule has 0 spiro atoms. The molecule has 2 amide bonds. The van der Waals surface area contributed by atoms with Crippen LogP contribution in [0.25, 0.3) is 0 Å². The van der Waals surface area contributed by atoms with Crippen molar-refractivity contribution in [1.29, 1.82) is 0 Å². The Hall–Kier alpha value is -1.10. The Morgan fingerprint density at radius 3 is 2.72 bits per heavy atom. The molecule has 0 aromatic heterocycles. The summed E-state index contributed by atoms with van der Waals surface area (Å²) in [4.78, 5) is 23.0. The summed E-state index contributed by atoms with van der Waals surface area (Å²) in [5, 5.41) is 15.1. The first-order chi connectivity index (χ1) is 8.65. The Morgan fingerprint density at radius 1 is 1.44 bits per heavy atom. The number of hydrogen-bond donors (Lipinski definition) is 3. The summed E-state index contributed by atoms with van der Waals surface area (Å²) in [6.07, 6.45) is 5.31. The van der Waals surface area contributed by atoms with Gasteiger partial charge in [-0.15, -0.1) is 0 Å². The van der Waals surface area contributed by atoms with E-state index in [9.17, 15) is 14.7 Å². The van der Waals surface area contributed by atoms with E-state index in [2.05, 4.69) is 10.6 Å². The van der Waals surface area contributed by atoms with Crippen LogP contribution in [0.5, 0.6) is 0 Å². The number of piperidine rings is 1. The second-order valence-electron chi connectivity index (χ2n) is 5.62. The number of carbonyl (C=O) groups excluding carboxylic acids is 2. The summed E-state index contributed by atoms with van der Waals surface area (Å²) in [7, 11) is 0. The molecule has 1 aliphatic heterocycles. The van der Waals surface area contributed by atoms with Crippen molar-refractivity contribution in [3.63, 3.8) is 0 Å². The highest BCUT2D eigenvalue weighted by molar-refractivity contribution is 5.83. The van der Waals surface area contributed by atoms with Gasteiger partial charge in [-0.2, -0.15) is 0 Å². The van der Waals surface area contributed by atoms with Crippen molar-refractivity contribution >= 4 is 11.8 Å². The quantitative estimate of drug-likeness (QED) is 0.669. The summed E-state index contributed by atoms with van der Waals surface area (Å²) >= 11 is 0. The number of hydrogen-bond acceptors (Lipinski definition) is 3. The Balaban J connectivity index is 1.79. The van der Waals surface area contributed by atoms with Crippen molar-refractivity contribution in [2.45, 2.75) is 38.5 Å². The Morgan fingerprint density at radius 2 is 2.17 bits per heavy atom. The Kier molecular flexibility index (Phi) is 4.22. The van der Waals surface area contributed by atoms with Gasteiger partial charge in [-0.1, -0.05) is 12.8 Å². The summed E-state index contributed by atoms with van der Waals surface area (Å²) in [6, 6.07) is 0. The fourth-order valence-electron chi connectivity index (χ4n) is 2.89. The number of aliphatic hydroxyl groups is 1. The van der Waals surface area contributed by atoms with E-state index in [-0.39, 0.29) is 29.8 Å². The number of nitrogens with one attached hydrogen (secondary N) is 2. The van der Waals surface area contributed by atoms with E-state index in [0.29, 0.717) is 25.9 Å². The zero-order chi connectivity index (χ0) is 13.0. The van der Waals surface area contributed by atoms with Crippen molar-refractivity contribution in [2.75, 3.05) is 19.7 Å². The van der Waals surface area contributed by atoms with Gasteiger partial charge < -0.3 is 15.7 Å². The lowest BCUT2D eigenvalue weighted by Crippen LogP contribution is -2.46. The Bertz CT molecular complexity index is 314. The molecule has 1 unspecified atom stereocenters. The second-order valence-corrected chi connectivity index (χ2v) is 5.62. The zero-order valence-electron chi connectivity index (χ0n) is 10.7. The second kappa shape index (κ2) is 5.69. The average molecular weight is 254 g/mol. The van der Waals surface area contributed by atoms with Crippen molar-refractivity contribution in [1.82, 2.24) is 10.6 Å². The molecule has 1 saturated heterocycles. The first kappa shape index (κ1) is 13.3. The molecule has 1 atom stereocenters. The summed E-state index contributed by atoms with van der Waals surface area (Å²) in [6.45, 7) is 1.15. The highest BCUT2D eigenvalue weighted by Gasteiger charge is 2.34. The molecular formula is C13H22N2O3. The number of rotatable bonds is 4. The number of amides is 2. The van der Waals surface area contributed by atoms with E-state index < -0.39 is 0 Å². The van der Waals surface area contributed by atoms with E-state index in [1.165, 1.54) is 0 Å². The largest absolute Gasteiger partial charge is 0.396 e. The molecule has 0 aromatic carbocycles. The molecular weight excluding hydrogens is 232 g/mol. The maximum Gasteiger partial charge on any atom is 0.224 e. The first-order valence-electron chi connectivity index (χ1n) is 6.80. The predicted molar refractivity (Wildman–Crippen MR) is 66.7 cm³/mol. The molecule has 102 valence electrons. The minimum absolute atomic E-state index is 0.00900. The fraction of sp³-hybridized carbons (Fsp3) is 0.846.